The number of anilines is 1. The maximum Gasteiger partial charge on any atom is 0.243 e. The maximum atomic E-state index is 12.8. The Hall–Kier alpha value is -2.91. The van der Waals surface area contributed by atoms with Gasteiger partial charge in [0.05, 0.1) is 24.5 Å². The molecule has 0 aromatic heterocycles. The fourth-order valence-corrected chi connectivity index (χ4v) is 4.88. The second-order valence-electron chi connectivity index (χ2n) is 7.01. The summed E-state index contributed by atoms with van der Waals surface area (Å²) in [5, 5.41) is 5.30. The van der Waals surface area contributed by atoms with Crippen LogP contribution in [-0.4, -0.2) is 51.3 Å². The molecule has 2 aromatic carbocycles. The predicted octanol–water partition coefficient (Wildman–Crippen LogP) is 1.85. The van der Waals surface area contributed by atoms with E-state index in [-0.39, 0.29) is 29.8 Å². The Morgan fingerprint density at radius 3 is 2.63 bits per heavy atom. The molecule has 1 fully saturated rings. The SMILES string of the molecule is COc1cccc(NC(=O)CNC(=O)[C@@H]2CCCN(S(=O)(=O)c3ccccc3)C2)c1. The molecule has 1 aliphatic rings. The summed E-state index contributed by atoms with van der Waals surface area (Å²) in [6.07, 6.45) is 1.16. The molecule has 0 bridgehead atoms. The van der Waals surface area contributed by atoms with Crippen molar-refractivity contribution in [3.63, 3.8) is 0 Å². The largest absolute Gasteiger partial charge is 0.497 e. The quantitative estimate of drug-likeness (QED) is 0.696. The summed E-state index contributed by atoms with van der Waals surface area (Å²) in [5.41, 5.74) is 0.561. The van der Waals surface area contributed by atoms with Crippen molar-refractivity contribution < 1.29 is 22.7 Å². The van der Waals surface area contributed by atoms with Gasteiger partial charge in [0.15, 0.2) is 0 Å². The van der Waals surface area contributed by atoms with Gasteiger partial charge in [0, 0.05) is 24.8 Å². The Balaban J connectivity index is 1.54. The van der Waals surface area contributed by atoms with E-state index < -0.39 is 15.9 Å². The number of nitrogens with zero attached hydrogens (tertiary/aromatic N) is 1. The Labute approximate surface area is 176 Å². The Morgan fingerprint density at radius 2 is 1.90 bits per heavy atom. The molecule has 0 unspecified atom stereocenters. The van der Waals surface area contributed by atoms with Crippen LogP contribution in [0.2, 0.25) is 0 Å². The Kier molecular flexibility index (Phi) is 7.07. The molecule has 1 saturated heterocycles. The summed E-state index contributed by atoms with van der Waals surface area (Å²) in [5.74, 6) is -0.592. The molecular weight excluding hydrogens is 406 g/mol. The van der Waals surface area contributed by atoms with Crippen molar-refractivity contribution in [2.45, 2.75) is 17.7 Å². The van der Waals surface area contributed by atoms with Gasteiger partial charge in [0.25, 0.3) is 0 Å². The van der Waals surface area contributed by atoms with Crippen molar-refractivity contribution in [3.8, 4) is 5.75 Å². The molecule has 1 aliphatic heterocycles. The molecule has 1 atom stereocenters. The lowest BCUT2D eigenvalue weighted by Gasteiger charge is -2.31. The molecule has 0 spiro atoms. The first-order valence-corrected chi connectivity index (χ1v) is 11.1. The smallest absolute Gasteiger partial charge is 0.243 e. The normalized spacial score (nSPS) is 17.2. The molecule has 0 radical (unpaired) electrons. The molecule has 0 saturated carbocycles. The van der Waals surface area contributed by atoms with Gasteiger partial charge >= 0.3 is 0 Å². The Morgan fingerprint density at radius 1 is 1.13 bits per heavy atom. The summed E-state index contributed by atoms with van der Waals surface area (Å²) in [6.45, 7) is 0.274. The minimum absolute atomic E-state index is 0.0978. The van der Waals surface area contributed by atoms with E-state index in [9.17, 15) is 18.0 Å². The van der Waals surface area contributed by atoms with Gasteiger partial charge in [-0.25, -0.2) is 8.42 Å². The molecule has 8 nitrogen and oxygen atoms in total. The standard InChI is InChI=1S/C21H25N3O5S/c1-29-18-9-5-8-17(13-18)23-20(25)14-22-21(26)16-7-6-12-24(15-16)30(27,28)19-10-3-2-4-11-19/h2-5,8-11,13,16H,6-7,12,14-15H2,1H3,(H,22,26)(H,23,25)/t16-/m1/s1. The Bertz CT molecular complexity index is 995. The topological polar surface area (TPSA) is 105 Å². The van der Waals surface area contributed by atoms with Crippen LogP contribution >= 0.6 is 0 Å². The van der Waals surface area contributed by atoms with Crippen molar-refractivity contribution in [3.05, 3.63) is 54.6 Å². The first-order valence-electron chi connectivity index (χ1n) is 9.67. The molecule has 2 amide bonds. The highest BCUT2D eigenvalue weighted by atomic mass is 32.2. The number of hydrogen-bond acceptors (Lipinski definition) is 5. The van der Waals surface area contributed by atoms with Gasteiger partial charge in [-0.05, 0) is 37.1 Å². The van der Waals surface area contributed by atoms with Crippen molar-refractivity contribution in [2.75, 3.05) is 32.1 Å². The zero-order chi connectivity index (χ0) is 21.6. The summed E-state index contributed by atoms with van der Waals surface area (Å²) in [7, 11) is -2.11. The van der Waals surface area contributed by atoms with E-state index in [4.69, 9.17) is 4.74 Å². The minimum Gasteiger partial charge on any atom is -0.497 e. The number of piperidine rings is 1. The van der Waals surface area contributed by atoms with Gasteiger partial charge in [-0.1, -0.05) is 24.3 Å². The van der Waals surface area contributed by atoms with E-state index in [2.05, 4.69) is 10.6 Å². The van der Waals surface area contributed by atoms with E-state index in [0.29, 0.717) is 30.8 Å². The lowest BCUT2D eigenvalue weighted by atomic mass is 9.99. The molecule has 9 heteroatoms. The zero-order valence-electron chi connectivity index (χ0n) is 16.7. The fourth-order valence-electron chi connectivity index (χ4n) is 3.33. The molecule has 160 valence electrons. The van der Waals surface area contributed by atoms with Crippen LogP contribution in [0.4, 0.5) is 5.69 Å². The maximum absolute atomic E-state index is 12.8. The van der Waals surface area contributed by atoms with E-state index >= 15 is 0 Å². The number of ether oxygens (including phenoxy) is 1. The van der Waals surface area contributed by atoms with Crippen molar-refractivity contribution >= 4 is 27.5 Å². The van der Waals surface area contributed by atoms with Gasteiger partial charge in [0.1, 0.15) is 5.75 Å². The van der Waals surface area contributed by atoms with Gasteiger partial charge in [-0.2, -0.15) is 4.31 Å². The first-order chi connectivity index (χ1) is 14.4. The monoisotopic (exact) mass is 431 g/mol. The summed E-state index contributed by atoms with van der Waals surface area (Å²) >= 11 is 0. The van der Waals surface area contributed by atoms with Gasteiger partial charge in [-0.3, -0.25) is 9.59 Å². The highest BCUT2D eigenvalue weighted by molar-refractivity contribution is 7.89. The lowest BCUT2D eigenvalue weighted by molar-refractivity contribution is -0.128. The molecule has 1 heterocycles. The lowest BCUT2D eigenvalue weighted by Crippen LogP contribution is -2.46. The number of amides is 2. The fraction of sp³-hybridized carbons (Fsp3) is 0.333. The number of nitrogens with one attached hydrogen (secondary N) is 2. The number of sulfonamides is 1. The van der Waals surface area contributed by atoms with E-state index in [1.54, 1.807) is 54.6 Å². The van der Waals surface area contributed by atoms with Crippen LogP contribution < -0.4 is 15.4 Å². The van der Waals surface area contributed by atoms with Crippen LogP contribution in [-0.2, 0) is 19.6 Å². The van der Waals surface area contributed by atoms with Gasteiger partial charge in [0.2, 0.25) is 21.8 Å². The highest BCUT2D eigenvalue weighted by Crippen LogP contribution is 2.23. The number of methoxy groups -OCH3 is 1. The number of hydrogen-bond donors (Lipinski definition) is 2. The number of carbonyl (C=O) groups is 2. The second-order valence-corrected chi connectivity index (χ2v) is 8.95. The zero-order valence-corrected chi connectivity index (χ0v) is 17.5. The molecule has 3 rings (SSSR count). The third-order valence-electron chi connectivity index (χ3n) is 4.91. The summed E-state index contributed by atoms with van der Waals surface area (Å²) in [6, 6.07) is 15.1. The van der Waals surface area contributed by atoms with Crippen LogP contribution in [0.3, 0.4) is 0 Å². The van der Waals surface area contributed by atoms with E-state index in [1.807, 2.05) is 0 Å². The number of benzene rings is 2. The van der Waals surface area contributed by atoms with Crippen molar-refractivity contribution in [2.24, 2.45) is 5.92 Å². The van der Waals surface area contributed by atoms with Gasteiger partial charge < -0.3 is 15.4 Å². The molecular formula is C21H25N3O5S. The third-order valence-corrected chi connectivity index (χ3v) is 6.79. The highest BCUT2D eigenvalue weighted by Gasteiger charge is 2.33. The van der Waals surface area contributed by atoms with Crippen LogP contribution in [0.5, 0.6) is 5.75 Å². The number of rotatable bonds is 7. The molecule has 0 aliphatic carbocycles. The number of carbonyl (C=O) groups excluding carboxylic acids is 2. The first kappa shape index (κ1) is 21.8. The van der Waals surface area contributed by atoms with E-state index in [0.717, 1.165) is 0 Å². The van der Waals surface area contributed by atoms with Crippen LogP contribution in [0.15, 0.2) is 59.5 Å². The molecule has 2 N–H and O–H groups in total. The van der Waals surface area contributed by atoms with Crippen molar-refractivity contribution in [1.82, 2.24) is 9.62 Å². The minimum atomic E-state index is -3.64. The average molecular weight is 432 g/mol. The second kappa shape index (κ2) is 9.73. The van der Waals surface area contributed by atoms with Crippen LogP contribution in [0.1, 0.15) is 12.8 Å². The van der Waals surface area contributed by atoms with Crippen molar-refractivity contribution in [1.29, 1.82) is 0 Å². The van der Waals surface area contributed by atoms with Gasteiger partial charge in [-0.15, -0.1) is 0 Å². The summed E-state index contributed by atoms with van der Waals surface area (Å²) < 4.78 is 32.0. The third kappa shape index (κ3) is 5.37. The molecule has 30 heavy (non-hydrogen) atoms. The van der Waals surface area contributed by atoms with Crippen LogP contribution in [0.25, 0.3) is 0 Å². The average Bonchev–Trinajstić information content (AvgIpc) is 2.78. The predicted molar refractivity (Wildman–Crippen MR) is 113 cm³/mol. The molecule has 2 aromatic rings. The summed E-state index contributed by atoms with van der Waals surface area (Å²) in [4.78, 5) is 24.9. The van der Waals surface area contributed by atoms with Crippen LogP contribution in [0, 0.1) is 5.92 Å². The van der Waals surface area contributed by atoms with E-state index in [1.165, 1.54) is 11.4 Å².